The molecule has 0 amide bonds. The second kappa shape index (κ2) is 15.4. The third-order valence-corrected chi connectivity index (χ3v) is 14.3. The van der Waals surface area contributed by atoms with Gasteiger partial charge in [-0.25, -0.2) is 22.0 Å². The average Bonchev–Trinajstić information content (AvgIpc) is 4.15. The molecule has 10 aromatic carbocycles. The maximum Gasteiger partial charge on any atom is 0.420 e. The third kappa shape index (κ3) is 5.88. The van der Waals surface area contributed by atoms with Gasteiger partial charge in [-0.05, 0) is 66.2 Å². The number of alkyl halides is 3. The predicted molar refractivity (Wildman–Crippen MR) is 274 cm³/mol. The maximum absolute atomic E-state index is 17.3. The van der Waals surface area contributed by atoms with Gasteiger partial charge >= 0.3 is 6.18 Å². The molecule has 14 rings (SSSR count). The van der Waals surface area contributed by atoms with E-state index in [0.717, 1.165) is 33.9 Å². The lowest BCUT2D eigenvalue weighted by Crippen LogP contribution is -2.17. The zero-order valence-electron chi connectivity index (χ0n) is 37.8. The van der Waals surface area contributed by atoms with Crippen molar-refractivity contribution in [2.75, 3.05) is 0 Å². The number of fused-ring (bicyclic) bond motifs is 14. The van der Waals surface area contributed by atoms with Gasteiger partial charge < -0.3 is 18.3 Å². The van der Waals surface area contributed by atoms with Crippen molar-refractivity contribution in [3.63, 3.8) is 0 Å². The van der Waals surface area contributed by atoms with Crippen LogP contribution < -0.4 is 0 Å². The maximum atomic E-state index is 17.3. The Hall–Kier alpha value is -9.16. The van der Waals surface area contributed by atoms with Gasteiger partial charge in [0.1, 0.15) is 5.56 Å². The van der Waals surface area contributed by atoms with E-state index in [-0.39, 0.29) is 11.0 Å². The molecular formula is C61H32F8N4. The van der Waals surface area contributed by atoms with Gasteiger partial charge in [0.15, 0.2) is 23.3 Å². The smallest absolute Gasteiger partial charge is 0.307 e. The summed E-state index contributed by atoms with van der Waals surface area (Å²) in [7, 11) is 0. The summed E-state index contributed by atoms with van der Waals surface area (Å²) in [6.45, 7) is 0. The molecule has 0 aliphatic carbocycles. The van der Waals surface area contributed by atoms with Crippen molar-refractivity contribution in [1.82, 2.24) is 18.3 Å². The van der Waals surface area contributed by atoms with Crippen LogP contribution in [-0.4, -0.2) is 18.3 Å². The molecule has 73 heavy (non-hydrogen) atoms. The van der Waals surface area contributed by atoms with Crippen molar-refractivity contribution in [3.8, 4) is 33.9 Å². The van der Waals surface area contributed by atoms with E-state index >= 15 is 30.7 Å². The number of rotatable bonds is 5. The van der Waals surface area contributed by atoms with E-state index < -0.39 is 63.3 Å². The lowest BCUT2D eigenvalue weighted by Gasteiger charge is -2.24. The molecule has 12 heteroatoms. The average molecular weight is 973 g/mol. The van der Waals surface area contributed by atoms with Crippen LogP contribution in [-0.2, 0) is 6.18 Å². The molecule has 0 fully saturated rings. The Morgan fingerprint density at radius 2 is 0.575 bits per heavy atom. The molecule has 4 nitrogen and oxygen atoms in total. The van der Waals surface area contributed by atoms with Crippen LogP contribution in [0.2, 0.25) is 0 Å². The number of benzene rings is 10. The third-order valence-electron chi connectivity index (χ3n) is 14.3. The van der Waals surface area contributed by atoms with Crippen molar-refractivity contribution in [3.05, 3.63) is 229 Å². The Morgan fingerprint density at radius 1 is 0.288 bits per heavy atom. The van der Waals surface area contributed by atoms with Gasteiger partial charge in [-0.15, -0.1) is 0 Å². The Labute approximate surface area is 408 Å². The molecule has 0 spiro atoms. The molecule has 0 atom stereocenters. The summed E-state index contributed by atoms with van der Waals surface area (Å²) in [6.07, 6.45) is -5.25. The van der Waals surface area contributed by atoms with E-state index in [0.29, 0.717) is 65.8 Å². The summed E-state index contributed by atoms with van der Waals surface area (Å²) in [4.78, 5) is 0. The first-order valence-corrected chi connectivity index (χ1v) is 23.3. The fraction of sp³-hybridized carbons (Fsp3) is 0.0164. The van der Waals surface area contributed by atoms with Crippen molar-refractivity contribution < 1.29 is 35.1 Å². The van der Waals surface area contributed by atoms with E-state index in [9.17, 15) is 4.39 Å². The van der Waals surface area contributed by atoms with Gasteiger partial charge in [-0.3, -0.25) is 0 Å². The quantitative estimate of drug-likeness (QED) is 0.0930. The second-order valence-corrected chi connectivity index (χ2v) is 18.1. The summed E-state index contributed by atoms with van der Waals surface area (Å²) in [5.41, 5.74) is 0.586. The van der Waals surface area contributed by atoms with Crippen LogP contribution in [0.1, 0.15) is 5.56 Å². The van der Waals surface area contributed by atoms with Gasteiger partial charge in [0, 0.05) is 54.5 Å². The van der Waals surface area contributed by atoms with E-state index in [4.69, 9.17) is 0 Å². The van der Waals surface area contributed by atoms with Crippen LogP contribution in [0.4, 0.5) is 35.1 Å². The molecule has 352 valence electrons. The SMILES string of the molecule is Fc1c(F)c(F)c(-c2cc(-n3c4ccccc4c4ccc5c6ccccc6n(-c6ccccc6)c5c43)c(C(F)(F)F)c(-n3c4ccccc4c4ccc5c6ccccc6n(-c6ccccc6)c5c43)c2)c(F)c1F. The van der Waals surface area contributed by atoms with Crippen molar-refractivity contribution >= 4 is 87.2 Å². The highest BCUT2D eigenvalue weighted by Crippen LogP contribution is 2.50. The highest BCUT2D eigenvalue weighted by Gasteiger charge is 2.41. The van der Waals surface area contributed by atoms with Crippen LogP contribution in [0.3, 0.4) is 0 Å². The van der Waals surface area contributed by atoms with Gasteiger partial charge in [0.05, 0.1) is 61.1 Å². The first kappa shape index (κ1) is 42.7. The Bertz CT molecular complexity index is 4370. The van der Waals surface area contributed by atoms with E-state index in [1.165, 1.54) is 9.13 Å². The second-order valence-electron chi connectivity index (χ2n) is 18.1. The predicted octanol–water partition coefficient (Wildman–Crippen LogP) is 17.5. The Balaban J connectivity index is 1.25. The topological polar surface area (TPSA) is 19.7 Å². The molecule has 0 N–H and O–H groups in total. The minimum Gasteiger partial charge on any atom is -0.307 e. The van der Waals surface area contributed by atoms with Gasteiger partial charge in [0.2, 0.25) is 5.82 Å². The summed E-state index contributed by atoms with van der Waals surface area (Å²) in [5.74, 6) is -11.3. The van der Waals surface area contributed by atoms with Crippen LogP contribution in [0, 0.1) is 29.1 Å². The Kier molecular flexibility index (Phi) is 9.02. The fourth-order valence-corrected chi connectivity index (χ4v) is 11.5. The highest BCUT2D eigenvalue weighted by atomic mass is 19.4. The van der Waals surface area contributed by atoms with Gasteiger partial charge in [0.25, 0.3) is 0 Å². The zero-order chi connectivity index (χ0) is 49.6. The summed E-state index contributed by atoms with van der Waals surface area (Å²) < 4.78 is 138. The van der Waals surface area contributed by atoms with Gasteiger partial charge in [-0.2, -0.15) is 13.2 Å². The van der Waals surface area contributed by atoms with E-state index in [2.05, 4.69) is 0 Å². The van der Waals surface area contributed by atoms with E-state index in [1.807, 2.05) is 143 Å². The number of nitrogens with zero attached hydrogens (tertiary/aromatic N) is 4. The number of halogens is 8. The Morgan fingerprint density at radius 3 is 0.918 bits per heavy atom. The van der Waals surface area contributed by atoms with Gasteiger partial charge in [-0.1, -0.05) is 133 Å². The normalized spacial score (nSPS) is 12.4. The molecule has 0 saturated carbocycles. The van der Waals surface area contributed by atoms with Crippen molar-refractivity contribution in [2.45, 2.75) is 6.18 Å². The number of aromatic nitrogens is 4. The largest absolute Gasteiger partial charge is 0.420 e. The molecule has 14 aromatic rings. The van der Waals surface area contributed by atoms with Crippen LogP contribution >= 0.6 is 0 Å². The molecular weight excluding hydrogens is 941 g/mol. The lowest BCUT2D eigenvalue weighted by atomic mass is 9.97. The molecule has 4 aromatic heterocycles. The monoisotopic (exact) mass is 972 g/mol. The summed E-state index contributed by atoms with van der Waals surface area (Å²) in [5, 5.41) is 5.18. The van der Waals surface area contributed by atoms with Crippen molar-refractivity contribution in [1.29, 1.82) is 0 Å². The fourth-order valence-electron chi connectivity index (χ4n) is 11.5. The molecule has 0 radical (unpaired) electrons. The van der Waals surface area contributed by atoms with Crippen LogP contribution in [0.15, 0.2) is 194 Å². The standard InChI is InChI=1S/C61H32F8N4/c62-52-50(53(63)55(65)56(66)54(52)64)33-31-48(72-46-25-13-9-21-38(46)42-29-27-40-36-19-7-11-23-44(36)70(57(40)59(42)72)34-15-3-1-4-16-34)51(61(67,68)69)49(32-33)73-47-26-14-10-22-39(47)43-30-28-41-37-20-8-12-24-45(37)71(58(41)60(43)73)35-17-5-2-6-18-35/h1-32H. The number of hydrogen-bond donors (Lipinski definition) is 0. The summed E-state index contributed by atoms with van der Waals surface area (Å²) >= 11 is 0. The van der Waals surface area contributed by atoms with Crippen molar-refractivity contribution in [2.24, 2.45) is 0 Å². The minimum atomic E-state index is -5.25. The minimum absolute atomic E-state index is 0.287. The van der Waals surface area contributed by atoms with Crippen LogP contribution in [0.5, 0.6) is 0 Å². The first-order chi connectivity index (χ1) is 35.5. The number of para-hydroxylation sites is 6. The highest BCUT2D eigenvalue weighted by molar-refractivity contribution is 6.25. The molecule has 4 heterocycles. The zero-order valence-corrected chi connectivity index (χ0v) is 37.8. The first-order valence-electron chi connectivity index (χ1n) is 23.3. The molecule has 0 bridgehead atoms. The van der Waals surface area contributed by atoms with E-state index in [1.54, 1.807) is 48.5 Å². The lowest BCUT2D eigenvalue weighted by molar-refractivity contribution is -0.137. The summed E-state index contributed by atoms with van der Waals surface area (Å²) in [6, 6.07) is 56.9. The molecule has 0 aliphatic heterocycles. The number of hydrogen-bond acceptors (Lipinski definition) is 0. The molecule has 0 unspecified atom stereocenters. The molecule has 0 saturated heterocycles. The van der Waals surface area contributed by atoms with Crippen LogP contribution in [0.25, 0.3) is 121 Å². The molecule has 0 aliphatic rings.